The van der Waals surface area contributed by atoms with Crippen molar-refractivity contribution in [3.63, 3.8) is 0 Å². The molecule has 0 aliphatic heterocycles. The van der Waals surface area contributed by atoms with E-state index in [0.717, 1.165) is 20.8 Å². The van der Waals surface area contributed by atoms with E-state index < -0.39 is 70.2 Å². The van der Waals surface area contributed by atoms with Crippen LogP contribution in [0.1, 0.15) is 26.3 Å². The van der Waals surface area contributed by atoms with Crippen molar-refractivity contribution in [3.8, 4) is 0 Å². The van der Waals surface area contributed by atoms with Crippen molar-refractivity contribution >= 4 is 17.9 Å². The first-order valence-electron chi connectivity index (χ1n) is 9.50. The van der Waals surface area contributed by atoms with Crippen molar-refractivity contribution in [1.82, 2.24) is 0 Å². The van der Waals surface area contributed by atoms with Crippen LogP contribution in [0.15, 0.2) is 0 Å². The van der Waals surface area contributed by atoms with Gasteiger partial charge in [-0.25, -0.2) is 0 Å². The molecule has 0 saturated heterocycles. The van der Waals surface area contributed by atoms with Crippen LogP contribution in [0.3, 0.4) is 0 Å². The lowest BCUT2D eigenvalue weighted by molar-refractivity contribution is -0.194. The maximum Gasteiger partial charge on any atom is 0.303 e. The first-order chi connectivity index (χ1) is 13.2. The van der Waals surface area contributed by atoms with Crippen LogP contribution in [0.25, 0.3) is 0 Å². The highest BCUT2D eigenvalue weighted by molar-refractivity contribution is 5.67. The van der Waals surface area contributed by atoms with Crippen molar-refractivity contribution < 1.29 is 48.3 Å². The average Bonchev–Trinajstić information content (AvgIpc) is 2.58. The summed E-state index contributed by atoms with van der Waals surface area (Å²) in [5, 5.41) is 0. The summed E-state index contributed by atoms with van der Waals surface area (Å²) in [5.41, 5.74) is 0. The second kappa shape index (κ2) is 11.8. The van der Waals surface area contributed by atoms with E-state index in [-0.39, 0.29) is 6.61 Å². The van der Waals surface area contributed by atoms with E-state index in [1.165, 1.54) is 0 Å². The van der Waals surface area contributed by atoms with Gasteiger partial charge in [0.25, 0.3) is 0 Å². The van der Waals surface area contributed by atoms with Gasteiger partial charge >= 0.3 is 17.9 Å². The van der Waals surface area contributed by atoms with Crippen LogP contribution in [0.5, 0.6) is 0 Å². The van der Waals surface area contributed by atoms with E-state index in [0.29, 0.717) is 0 Å². The number of ether oxygens (including phenoxy) is 6. The first kappa shape index (κ1) is 15.8. The van der Waals surface area contributed by atoms with Crippen LogP contribution in [0.2, 0.25) is 0 Å². The Labute approximate surface area is 147 Å². The van der Waals surface area contributed by atoms with Gasteiger partial charge in [0.2, 0.25) is 0 Å². The molecule has 5 atom stereocenters. The molecule has 9 heteroatoms. The van der Waals surface area contributed by atoms with Crippen LogP contribution >= 0.6 is 0 Å². The monoisotopic (exact) mass is 354 g/mol. The highest BCUT2D eigenvalue weighted by Gasteiger charge is 2.40. The number of methoxy groups -OCH3 is 3. The molecule has 0 heterocycles. The van der Waals surface area contributed by atoms with E-state index in [4.69, 9.17) is 33.9 Å². The van der Waals surface area contributed by atoms with E-state index in [9.17, 15) is 14.4 Å². The van der Waals surface area contributed by atoms with Gasteiger partial charge in [-0.15, -0.1) is 0 Å². The Morgan fingerprint density at radius 3 is 2.04 bits per heavy atom. The molecule has 24 heavy (non-hydrogen) atoms. The Bertz CT molecular complexity index is 494. The Kier molecular flexibility index (Phi) is 7.75. The minimum atomic E-state index is -1.71. The zero-order chi connectivity index (χ0) is 21.7. The number of hydrogen-bond acceptors (Lipinski definition) is 9. The molecule has 0 fully saturated rings. The molecular formula is C15H26O9. The Morgan fingerprint density at radius 2 is 1.54 bits per heavy atom. The highest BCUT2D eigenvalue weighted by Crippen LogP contribution is 2.18. The van der Waals surface area contributed by atoms with Gasteiger partial charge in [-0.3, -0.25) is 14.4 Å². The van der Waals surface area contributed by atoms with Crippen LogP contribution in [0, 0.1) is 0 Å². The van der Waals surface area contributed by atoms with E-state index in [1.807, 2.05) is 0 Å². The smallest absolute Gasteiger partial charge is 0.303 e. The highest BCUT2D eigenvalue weighted by atomic mass is 16.6. The number of carbonyl (C=O) groups is 3. The Morgan fingerprint density at radius 1 is 0.875 bits per heavy atom. The Hall–Kier alpha value is -1.71. The van der Waals surface area contributed by atoms with Crippen molar-refractivity contribution in [2.45, 2.75) is 45.2 Å². The molecule has 140 valence electrons. The molecule has 0 aromatic carbocycles. The summed E-state index contributed by atoms with van der Waals surface area (Å²) in [6, 6.07) is 0. The summed E-state index contributed by atoms with van der Waals surface area (Å²) in [4.78, 5) is 34.3. The van der Waals surface area contributed by atoms with Crippen molar-refractivity contribution in [1.29, 1.82) is 0 Å². The summed E-state index contributed by atoms with van der Waals surface area (Å²) in [7, 11) is -1.79. The molecule has 0 aliphatic carbocycles. The topological polar surface area (TPSA) is 107 Å². The van der Waals surface area contributed by atoms with E-state index >= 15 is 0 Å². The normalized spacial score (nSPS) is 19.3. The molecule has 1 unspecified atom stereocenters. The molecule has 0 amide bonds. The molecule has 0 bridgehead atoms. The number of rotatable bonds is 11. The number of carbonyl (C=O) groups excluding carboxylic acids is 3. The van der Waals surface area contributed by atoms with Crippen LogP contribution in [-0.4, -0.2) is 76.8 Å². The van der Waals surface area contributed by atoms with Gasteiger partial charge in [0.05, 0.1) is 12.1 Å². The SMILES string of the molecule is [2H]COC[C@@H](OC(C)=O)[C@@H](OC[2H])[C@H](OC(C)=O)[C@@H](OC[2H])C([2H])OC(C)=O. The van der Waals surface area contributed by atoms with Crippen LogP contribution < -0.4 is 0 Å². The molecule has 9 nitrogen and oxygen atoms in total. The fourth-order valence-electron chi connectivity index (χ4n) is 1.83. The summed E-state index contributed by atoms with van der Waals surface area (Å²) in [6.45, 7) is 1.18. The minimum absolute atomic E-state index is 0.338. The Balaban J connectivity index is 5.97. The number of hydrogen-bond donors (Lipinski definition) is 0. The van der Waals surface area contributed by atoms with Gasteiger partial charge in [-0.1, -0.05) is 0 Å². The predicted molar refractivity (Wildman–Crippen MR) is 81.2 cm³/mol. The molecular weight excluding hydrogens is 324 g/mol. The van der Waals surface area contributed by atoms with Crippen molar-refractivity contribution in [2.24, 2.45) is 0 Å². The van der Waals surface area contributed by atoms with Gasteiger partial charge in [0.15, 0.2) is 12.2 Å². The van der Waals surface area contributed by atoms with E-state index in [2.05, 4.69) is 0 Å². The molecule has 0 N–H and O–H groups in total. The quantitative estimate of drug-likeness (QED) is 0.377. The summed E-state index contributed by atoms with van der Waals surface area (Å²) >= 11 is 0. The predicted octanol–water partition coefficient (Wildman–Crippen LogP) is 0.0893. The second-order valence-corrected chi connectivity index (χ2v) is 4.60. The third-order valence-corrected chi connectivity index (χ3v) is 2.67. The standard InChI is InChI=1S/C15H26O9/c1-9(16)22-8-12(20-5)15(24-11(3)18)14(21-6)13(7-19-4)23-10(2)17/h12-15H,7-8H2,1-6H3/t12-,13+,14+,15+/m0/s1/i4D,5D,6D,8D/t8?,12-,13+,14+,15+. The summed E-state index contributed by atoms with van der Waals surface area (Å²) in [5.74, 6) is -2.37. The maximum absolute atomic E-state index is 11.6. The molecule has 0 aliphatic rings. The van der Waals surface area contributed by atoms with Gasteiger partial charge in [0, 0.05) is 42.0 Å². The summed E-state index contributed by atoms with van der Waals surface area (Å²) in [6.07, 6.45) is -5.58. The molecule has 0 radical (unpaired) electrons. The van der Waals surface area contributed by atoms with Crippen molar-refractivity contribution in [2.75, 3.05) is 34.4 Å². The van der Waals surface area contributed by atoms with Crippen molar-refractivity contribution in [3.05, 3.63) is 0 Å². The summed E-state index contributed by atoms with van der Waals surface area (Å²) < 4.78 is 60.0. The fraction of sp³-hybridized carbons (Fsp3) is 0.800. The van der Waals surface area contributed by atoms with Crippen LogP contribution in [-0.2, 0) is 42.8 Å². The maximum atomic E-state index is 11.6. The van der Waals surface area contributed by atoms with Gasteiger partial charge in [-0.2, -0.15) is 0 Å². The lowest BCUT2D eigenvalue weighted by atomic mass is 10.0. The lowest BCUT2D eigenvalue weighted by Crippen LogP contribution is -2.52. The van der Waals surface area contributed by atoms with Gasteiger partial charge in [0.1, 0.15) is 18.8 Å². The third-order valence-electron chi connectivity index (χ3n) is 2.67. The van der Waals surface area contributed by atoms with Gasteiger partial charge in [-0.05, 0) is 0 Å². The van der Waals surface area contributed by atoms with Crippen LogP contribution in [0.4, 0.5) is 0 Å². The fourth-order valence-corrected chi connectivity index (χ4v) is 1.83. The second-order valence-electron chi connectivity index (χ2n) is 4.60. The molecule has 0 spiro atoms. The minimum Gasteiger partial charge on any atom is -0.463 e. The molecule has 0 aromatic heterocycles. The largest absolute Gasteiger partial charge is 0.463 e. The zero-order valence-corrected chi connectivity index (χ0v) is 13.9. The molecule has 0 rings (SSSR count). The third kappa shape index (κ3) is 8.23. The molecule has 0 saturated carbocycles. The number of esters is 3. The van der Waals surface area contributed by atoms with E-state index in [1.54, 1.807) is 0 Å². The van der Waals surface area contributed by atoms with Gasteiger partial charge < -0.3 is 28.4 Å². The first-order valence-corrected chi connectivity index (χ1v) is 6.80. The lowest BCUT2D eigenvalue weighted by Gasteiger charge is -2.34. The molecule has 0 aromatic rings. The zero-order valence-electron chi connectivity index (χ0n) is 17.9. The average molecular weight is 354 g/mol.